The van der Waals surface area contributed by atoms with Gasteiger partial charge in [-0.2, -0.15) is 8.78 Å². The molecule has 0 fully saturated rings. The molecule has 7 nitrogen and oxygen atoms in total. The van der Waals surface area contributed by atoms with Crippen LogP contribution in [-0.4, -0.2) is 34.6 Å². The number of fused-ring (bicyclic) bond motifs is 1. The van der Waals surface area contributed by atoms with Crippen molar-refractivity contribution >= 4 is 22.9 Å². The Morgan fingerprint density at radius 1 is 1.14 bits per heavy atom. The maximum absolute atomic E-state index is 13.4. The van der Waals surface area contributed by atoms with E-state index in [1.807, 2.05) is 6.92 Å². The predicted octanol–water partition coefficient (Wildman–Crippen LogP) is 3.30. The first-order chi connectivity index (χ1) is 14.0. The number of para-hydroxylation sites is 2. The maximum atomic E-state index is 13.4. The van der Waals surface area contributed by atoms with Crippen LogP contribution in [0, 0.1) is 0 Å². The van der Waals surface area contributed by atoms with Gasteiger partial charge in [0.15, 0.2) is 5.82 Å². The van der Waals surface area contributed by atoms with Crippen LogP contribution in [0.2, 0.25) is 0 Å². The third kappa shape index (κ3) is 4.87. The Morgan fingerprint density at radius 3 is 2.55 bits per heavy atom. The van der Waals surface area contributed by atoms with Crippen LogP contribution < -0.4 is 10.1 Å². The van der Waals surface area contributed by atoms with Crippen LogP contribution in [0.15, 0.2) is 48.5 Å². The van der Waals surface area contributed by atoms with Gasteiger partial charge in [0, 0.05) is 5.56 Å². The lowest BCUT2D eigenvalue weighted by Crippen LogP contribution is -2.30. The van der Waals surface area contributed by atoms with E-state index in [4.69, 9.17) is 9.47 Å². The third-order valence-corrected chi connectivity index (χ3v) is 4.05. The van der Waals surface area contributed by atoms with Gasteiger partial charge < -0.3 is 14.8 Å². The van der Waals surface area contributed by atoms with Gasteiger partial charge in [-0.15, -0.1) is 0 Å². The highest BCUT2D eigenvalue weighted by Gasteiger charge is 2.19. The minimum Gasteiger partial charge on any atom is -0.494 e. The lowest BCUT2D eigenvalue weighted by atomic mass is 10.2. The Balaban J connectivity index is 1.56. The van der Waals surface area contributed by atoms with Gasteiger partial charge in [0.25, 0.3) is 5.91 Å². The summed E-state index contributed by atoms with van der Waals surface area (Å²) in [4.78, 5) is 28.1. The van der Waals surface area contributed by atoms with Crippen LogP contribution in [0.25, 0.3) is 11.0 Å². The zero-order valence-corrected chi connectivity index (χ0v) is 15.6. The van der Waals surface area contributed by atoms with Crippen LogP contribution in [0.4, 0.5) is 8.78 Å². The number of amides is 1. The highest BCUT2D eigenvalue weighted by molar-refractivity contribution is 5.96. The van der Waals surface area contributed by atoms with Crippen LogP contribution in [0.5, 0.6) is 5.75 Å². The molecule has 1 aromatic heterocycles. The van der Waals surface area contributed by atoms with Gasteiger partial charge in [-0.1, -0.05) is 12.1 Å². The topological polar surface area (TPSA) is 82.4 Å². The molecular weight excluding hydrogens is 384 g/mol. The number of rotatable bonds is 8. The number of aromatic nitrogens is 2. The molecule has 0 bridgehead atoms. The number of imidazole rings is 1. The van der Waals surface area contributed by atoms with E-state index in [0.29, 0.717) is 28.0 Å². The number of halogens is 2. The molecule has 1 heterocycles. The van der Waals surface area contributed by atoms with E-state index in [9.17, 15) is 18.4 Å². The SMILES string of the molecule is CCOc1ccc(C(=O)NCC(=O)OCc2nc3ccccc3n2C(F)F)cc1. The van der Waals surface area contributed by atoms with Gasteiger partial charge in [-0.3, -0.25) is 14.2 Å². The molecule has 2 aromatic carbocycles. The van der Waals surface area contributed by atoms with Crippen molar-refractivity contribution < 1.29 is 27.8 Å². The monoisotopic (exact) mass is 403 g/mol. The summed E-state index contributed by atoms with van der Waals surface area (Å²) >= 11 is 0. The Morgan fingerprint density at radius 2 is 1.86 bits per heavy atom. The summed E-state index contributed by atoms with van der Waals surface area (Å²) in [7, 11) is 0. The second kappa shape index (κ2) is 9.13. The molecule has 3 rings (SSSR count). The number of ether oxygens (including phenoxy) is 2. The van der Waals surface area contributed by atoms with Crippen molar-refractivity contribution in [2.75, 3.05) is 13.2 Å². The van der Waals surface area contributed by atoms with E-state index in [1.165, 1.54) is 6.07 Å². The first-order valence-electron chi connectivity index (χ1n) is 8.90. The molecule has 1 amide bonds. The van der Waals surface area contributed by atoms with E-state index >= 15 is 0 Å². The highest BCUT2D eigenvalue weighted by atomic mass is 19.3. The van der Waals surface area contributed by atoms with Crippen molar-refractivity contribution in [2.24, 2.45) is 0 Å². The van der Waals surface area contributed by atoms with Crippen molar-refractivity contribution in [1.82, 2.24) is 14.9 Å². The summed E-state index contributed by atoms with van der Waals surface area (Å²) in [5, 5.41) is 2.42. The highest BCUT2D eigenvalue weighted by Crippen LogP contribution is 2.23. The van der Waals surface area contributed by atoms with Gasteiger partial charge in [0.2, 0.25) is 0 Å². The molecule has 3 aromatic rings. The maximum Gasteiger partial charge on any atom is 0.325 e. The molecule has 0 spiro atoms. The fraction of sp³-hybridized carbons (Fsp3) is 0.250. The largest absolute Gasteiger partial charge is 0.494 e. The summed E-state index contributed by atoms with van der Waals surface area (Å²) < 4.78 is 37.7. The van der Waals surface area contributed by atoms with Gasteiger partial charge in [0.1, 0.15) is 18.9 Å². The number of carbonyl (C=O) groups excluding carboxylic acids is 2. The van der Waals surface area contributed by atoms with Crippen LogP contribution in [0.1, 0.15) is 29.7 Å². The summed E-state index contributed by atoms with van der Waals surface area (Å²) in [6.07, 6.45) is 0. The number of carbonyl (C=O) groups is 2. The Hall–Kier alpha value is -3.49. The molecule has 0 aliphatic rings. The lowest BCUT2D eigenvalue weighted by molar-refractivity contribution is -0.144. The minimum atomic E-state index is -2.82. The average Bonchev–Trinajstić information content (AvgIpc) is 3.10. The smallest absolute Gasteiger partial charge is 0.325 e. The number of esters is 1. The molecule has 1 N–H and O–H groups in total. The Kier molecular flexibility index (Phi) is 6.38. The zero-order valence-electron chi connectivity index (χ0n) is 15.6. The number of hydrogen-bond donors (Lipinski definition) is 1. The molecule has 9 heteroatoms. The van der Waals surface area contributed by atoms with Gasteiger partial charge >= 0.3 is 12.5 Å². The second-order valence-corrected chi connectivity index (χ2v) is 5.97. The number of alkyl halides is 2. The first kappa shape index (κ1) is 20.2. The Labute approximate surface area is 165 Å². The van der Waals surface area contributed by atoms with E-state index in [2.05, 4.69) is 10.3 Å². The zero-order chi connectivity index (χ0) is 20.8. The third-order valence-electron chi connectivity index (χ3n) is 4.05. The van der Waals surface area contributed by atoms with Gasteiger partial charge in [-0.25, -0.2) is 4.98 Å². The summed E-state index contributed by atoms with van der Waals surface area (Å²) in [5.41, 5.74) is 0.973. The van der Waals surface area contributed by atoms with Crippen molar-refractivity contribution in [1.29, 1.82) is 0 Å². The summed E-state index contributed by atoms with van der Waals surface area (Å²) in [5.74, 6) is -0.681. The summed E-state index contributed by atoms with van der Waals surface area (Å²) in [6.45, 7) is -1.30. The van der Waals surface area contributed by atoms with E-state index < -0.39 is 31.6 Å². The summed E-state index contributed by atoms with van der Waals surface area (Å²) in [6, 6.07) is 12.8. The molecule has 0 saturated carbocycles. The normalized spacial score (nSPS) is 10.9. The van der Waals surface area contributed by atoms with Gasteiger partial charge in [-0.05, 0) is 43.3 Å². The van der Waals surface area contributed by atoms with E-state index in [0.717, 1.165) is 0 Å². The second-order valence-electron chi connectivity index (χ2n) is 5.97. The van der Waals surface area contributed by atoms with Crippen molar-refractivity contribution in [3.05, 3.63) is 59.9 Å². The molecule has 0 aliphatic carbocycles. The molecule has 0 radical (unpaired) electrons. The van der Waals surface area contributed by atoms with Crippen LogP contribution in [0.3, 0.4) is 0 Å². The van der Waals surface area contributed by atoms with E-state index in [-0.39, 0.29) is 11.3 Å². The van der Waals surface area contributed by atoms with Crippen molar-refractivity contribution in [3.8, 4) is 5.75 Å². The van der Waals surface area contributed by atoms with Crippen LogP contribution >= 0.6 is 0 Å². The fourth-order valence-electron chi connectivity index (χ4n) is 2.73. The van der Waals surface area contributed by atoms with E-state index in [1.54, 1.807) is 42.5 Å². The number of nitrogens with one attached hydrogen (secondary N) is 1. The number of hydrogen-bond acceptors (Lipinski definition) is 5. The van der Waals surface area contributed by atoms with Crippen LogP contribution in [-0.2, 0) is 16.1 Å². The predicted molar refractivity (Wildman–Crippen MR) is 101 cm³/mol. The number of benzene rings is 2. The lowest BCUT2D eigenvalue weighted by Gasteiger charge is -2.09. The molecule has 29 heavy (non-hydrogen) atoms. The van der Waals surface area contributed by atoms with Gasteiger partial charge in [0.05, 0.1) is 17.6 Å². The van der Waals surface area contributed by atoms with Crippen molar-refractivity contribution in [3.63, 3.8) is 0 Å². The standard InChI is InChI=1S/C20H19F2N3O4/c1-2-28-14-9-7-13(8-10-14)19(27)23-11-18(26)29-12-17-24-15-5-3-4-6-16(15)25(17)20(21)22/h3-10,20H,2,11-12H2,1H3,(H,23,27). The quantitative estimate of drug-likeness (QED) is 0.584. The molecule has 0 saturated heterocycles. The first-order valence-corrected chi connectivity index (χ1v) is 8.90. The average molecular weight is 403 g/mol. The molecular formula is C20H19F2N3O4. The Bertz CT molecular complexity index is 1000. The molecule has 0 unspecified atom stereocenters. The minimum absolute atomic E-state index is 0.0765. The molecule has 0 aliphatic heterocycles. The fourth-order valence-corrected chi connectivity index (χ4v) is 2.73. The molecule has 152 valence electrons. The molecule has 0 atom stereocenters. The number of nitrogens with zero attached hydrogens (tertiary/aromatic N) is 2. The van der Waals surface area contributed by atoms with Crippen molar-refractivity contribution in [2.45, 2.75) is 20.1 Å².